The fraction of sp³-hybridized carbons (Fsp3) is 0.227. The Morgan fingerprint density at radius 1 is 0.852 bits per heavy atom. The van der Waals surface area contributed by atoms with Gasteiger partial charge in [-0.3, -0.25) is 4.79 Å². The number of rotatable bonds is 6. The fourth-order valence-electron chi connectivity index (χ4n) is 3.07. The summed E-state index contributed by atoms with van der Waals surface area (Å²) in [5.41, 5.74) is 2.29. The molecule has 0 bridgehead atoms. The Hall–Kier alpha value is -3.21. The van der Waals surface area contributed by atoms with E-state index in [-0.39, 0.29) is 5.91 Å². The largest absolute Gasteiger partial charge is 0.327 e. The zero-order chi connectivity index (χ0) is 19.2. The van der Waals surface area contributed by atoms with Crippen molar-refractivity contribution >= 4 is 23.1 Å². The molecule has 1 amide bonds. The molecular formula is C22H24N4O. The Kier molecular flexibility index (Phi) is 5.81. The van der Waals surface area contributed by atoms with Gasteiger partial charge in [0, 0.05) is 30.5 Å². The molecule has 0 aliphatic heterocycles. The summed E-state index contributed by atoms with van der Waals surface area (Å²) >= 11 is 0. The second kappa shape index (κ2) is 8.45. The van der Waals surface area contributed by atoms with E-state index in [1.807, 2.05) is 74.5 Å². The van der Waals surface area contributed by atoms with Crippen LogP contribution in [0.3, 0.4) is 0 Å². The lowest BCUT2D eigenvalue weighted by Crippen LogP contribution is -2.32. The average molecular weight is 360 g/mol. The Morgan fingerprint density at radius 3 is 2.00 bits per heavy atom. The lowest BCUT2D eigenvalue weighted by molar-refractivity contribution is 0.0983. The third-order valence-electron chi connectivity index (χ3n) is 4.33. The van der Waals surface area contributed by atoms with Gasteiger partial charge in [0.2, 0.25) is 0 Å². The van der Waals surface area contributed by atoms with Gasteiger partial charge >= 0.3 is 0 Å². The van der Waals surface area contributed by atoms with Crippen LogP contribution in [0.4, 0.5) is 17.2 Å². The van der Waals surface area contributed by atoms with Crippen LogP contribution in [0.5, 0.6) is 0 Å². The summed E-state index contributed by atoms with van der Waals surface area (Å²) in [6.45, 7) is 7.15. The Bertz CT molecular complexity index is 897. The molecule has 0 saturated heterocycles. The third-order valence-corrected chi connectivity index (χ3v) is 4.33. The molecule has 0 radical (unpaired) electrons. The quantitative estimate of drug-likeness (QED) is 0.644. The Labute approximate surface area is 160 Å². The molecule has 138 valence electrons. The van der Waals surface area contributed by atoms with Gasteiger partial charge in [0.15, 0.2) is 0 Å². The summed E-state index contributed by atoms with van der Waals surface area (Å²) in [5, 5.41) is 0. The van der Waals surface area contributed by atoms with Crippen LogP contribution in [0.15, 0.2) is 66.7 Å². The van der Waals surface area contributed by atoms with Gasteiger partial charge in [0.25, 0.3) is 5.91 Å². The normalized spacial score (nSPS) is 10.5. The number of carbonyl (C=O) groups excluding carboxylic acids is 1. The predicted molar refractivity (Wildman–Crippen MR) is 110 cm³/mol. The SMILES string of the molecule is CCN(C(=O)c1cc(N(CC)c2ccccc2)nc(C)n1)c1ccccc1. The van der Waals surface area contributed by atoms with Crippen molar-refractivity contribution in [1.82, 2.24) is 9.97 Å². The molecule has 0 fully saturated rings. The fourth-order valence-corrected chi connectivity index (χ4v) is 3.07. The van der Waals surface area contributed by atoms with E-state index < -0.39 is 0 Å². The van der Waals surface area contributed by atoms with E-state index in [4.69, 9.17) is 0 Å². The summed E-state index contributed by atoms with van der Waals surface area (Å²) in [4.78, 5) is 25.9. The van der Waals surface area contributed by atoms with Gasteiger partial charge in [-0.2, -0.15) is 0 Å². The molecule has 0 unspecified atom stereocenters. The predicted octanol–water partition coefficient (Wildman–Crippen LogP) is 4.61. The van der Waals surface area contributed by atoms with Crippen molar-refractivity contribution in [3.63, 3.8) is 0 Å². The van der Waals surface area contributed by atoms with Crippen molar-refractivity contribution in [2.75, 3.05) is 22.9 Å². The summed E-state index contributed by atoms with van der Waals surface area (Å²) in [7, 11) is 0. The number of carbonyl (C=O) groups is 1. The van der Waals surface area contributed by atoms with Crippen molar-refractivity contribution in [2.45, 2.75) is 20.8 Å². The molecule has 5 heteroatoms. The number of hydrogen-bond donors (Lipinski definition) is 0. The minimum absolute atomic E-state index is 0.125. The first kappa shape index (κ1) is 18.6. The van der Waals surface area contributed by atoms with Crippen LogP contribution in [-0.2, 0) is 0 Å². The van der Waals surface area contributed by atoms with Crippen LogP contribution in [0, 0.1) is 6.92 Å². The Balaban J connectivity index is 1.98. The first-order valence-corrected chi connectivity index (χ1v) is 9.19. The molecule has 1 aromatic heterocycles. The molecule has 0 saturated carbocycles. The number of aryl methyl sites for hydroxylation is 1. The van der Waals surface area contributed by atoms with Gasteiger partial charge in [-0.25, -0.2) is 9.97 Å². The van der Waals surface area contributed by atoms with E-state index >= 15 is 0 Å². The molecule has 0 atom stereocenters. The third kappa shape index (κ3) is 4.14. The topological polar surface area (TPSA) is 49.3 Å². The van der Waals surface area contributed by atoms with Crippen molar-refractivity contribution in [2.24, 2.45) is 0 Å². The maximum absolute atomic E-state index is 13.1. The number of aromatic nitrogens is 2. The van der Waals surface area contributed by atoms with Crippen LogP contribution in [0.1, 0.15) is 30.2 Å². The second-order valence-electron chi connectivity index (χ2n) is 6.12. The first-order valence-electron chi connectivity index (χ1n) is 9.19. The number of anilines is 3. The van der Waals surface area contributed by atoms with E-state index in [9.17, 15) is 4.79 Å². The molecule has 0 spiro atoms. The van der Waals surface area contributed by atoms with Gasteiger partial charge < -0.3 is 9.80 Å². The Morgan fingerprint density at radius 2 is 1.44 bits per heavy atom. The maximum atomic E-state index is 13.1. The maximum Gasteiger partial charge on any atom is 0.277 e. The van der Waals surface area contributed by atoms with Crippen LogP contribution in [0.25, 0.3) is 0 Å². The molecule has 0 aliphatic rings. The number of amides is 1. The lowest BCUT2D eigenvalue weighted by Gasteiger charge is -2.24. The minimum atomic E-state index is -0.125. The summed E-state index contributed by atoms with van der Waals surface area (Å²) in [5.74, 6) is 1.18. The molecule has 0 N–H and O–H groups in total. The number of nitrogens with zero attached hydrogens (tertiary/aromatic N) is 4. The highest BCUT2D eigenvalue weighted by atomic mass is 16.2. The molecule has 1 heterocycles. The standard InChI is InChI=1S/C22H24N4O/c1-4-25(18-12-8-6-9-13-18)21-16-20(23-17(3)24-21)22(27)26(5-2)19-14-10-7-11-15-19/h6-16H,4-5H2,1-3H3. The lowest BCUT2D eigenvalue weighted by atomic mass is 10.2. The van der Waals surface area contributed by atoms with Crippen molar-refractivity contribution < 1.29 is 4.79 Å². The van der Waals surface area contributed by atoms with Gasteiger partial charge in [-0.15, -0.1) is 0 Å². The van der Waals surface area contributed by atoms with Crippen molar-refractivity contribution in [3.05, 3.63) is 78.2 Å². The highest BCUT2D eigenvalue weighted by molar-refractivity contribution is 6.05. The molecule has 27 heavy (non-hydrogen) atoms. The van der Waals surface area contributed by atoms with Crippen LogP contribution < -0.4 is 9.80 Å². The highest BCUT2D eigenvalue weighted by Crippen LogP contribution is 2.24. The zero-order valence-electron chi connectivity index (χ0n) is 16.0. The van der Waals surface area contributed by atoms with Gasteiger partial charge in [0.05, 0.1) is 0 Å². The van der Waals surface area contributed by atoms with E-state index in [0.29, 0.717) is 18.1 Å². The zero-order valence-corrected chi connectivity index (χ0v) is 16.0. The van der Waals surface area contributed by atoms with Crippen LogP contribution in [-0.4, -0.2) is 29.0 Å². The number of hydrogen-bond acceptors (Lipinski definition) is 4. The van der Waals surface area contributed by atoms with E-state index in [1.165, 1.54) is 0 Å². The molecule has 3 rings (SSSR count). The van der Waals surface area contributed by atoms with Gasteiger partial charge in [-0.05, 0) is 45.0 Å². The molecule has 3 aromatic rings. The smallest absolute Gasteiger partial charge is 0.277 e. The number of para-hydroxylation sites is 2. The first-order chi connectivity index (χ1) is 13.1. The minimum Gasteiger partial charge on any atom is -0.327 e. The van der Waals surface area contributed by atoms with Crippen LogP contribution in [0.2, 0.25) is 0 Å². The number of benzene rings is 2. The summed E-state index contributed by atoms with van der Waals surface area (Å²) in [6.07, 6.45) is 0. The van der Waals surface area contributed by atoms with E-state index in [1.54, 1.807) is 11.0 Å². The molecular weight excluding hydrogens is 336 g/mol. The molecule has 0 aliphatic carbocycles. The highest BCUT2D eigenvalue weighted by Gasteiger charge is 2.20. The van der Waals surface area contributed by atoms with Crippen LogP contribution >= 0.6 is 0 Å². The monoisotopic (exact) mass is 360 g/mol. The van der Waals surface area contributed by atoms with E-state index in [0.717, 1.165) is 23.7 Å². The van der Waals surface area contributed by atoms with E-state index in [2.05, 4.69) is 21.8 Å². The molecule has 2 aromatic carbocycles. The van der Waals surface area contributed by atoms with Crippen molar-refractivity contribution in [3.8, 4) is 0 Å². The second-order valence-corrected chi connectivity index (χ2v) is 6.12. The van der Waals surface area contributed by atoms with Gasteiger partial charge in [-0.1, -0.05) is 36.4 Å². The average Bonchev–Trinajstić information content (AvgIpc) is 2.70. The molecule has 5 nitrogen and oxygen atoms in total. The van der Waals surface area contributed by atoms with Gasteiger partial charge in [0.1, 0.15) is 17.3 Å². The summed E-state index contributed by atoms with van der Waals surface area (Å²) in [6, 6.07) is 21.5. The van der Waals surface area contributed by atoms with Crippen molar-refractivity contribution in [1.29, 1.82) is 0 Å². The summed E-state index contributed by atoms with van der Waals surface area (Å²) < 4.78 is 0.